The van der Waals surface area contributed by atoms with Crippen LogP contribution in [0, 0.1) is 25.7 Å². The first-order chi connectivity index (χ1) is 17.4. The minimum absolute atomic E-state index is 0. The number of halogens is 1. The van der Waals surface area contributed by atoms with E-state index < -0.39 is 0 Å². The van der Waals surface area contributed by atoms with Crippen molar-refractivity contribution in [3.63, 3.8) is 0 Å². The molecule has 4 aromatic rings. The zero-order valence-corrected chi connectivity index (χ0v) is 23.8. The largest absolute Gasteiger partial charge is 0.478 e. The molecule has 2 unspecified atom stereocenters. The molecule has 0 bridgehead atoms. The van der Waals surface area contributed by atoms with Crippen LogP contribution in [0.2, 0.25) is 0 Å². The van der Waals surface area contributed by atoms with Gasteiger partial charge in [-0.25, -0.2) is 9.97 Å². The van der Waals surface area contributed by atoms with Crippen molar-refractivity contribution in [2.24, 2.45) is 11.8 Å². The first kappa shape index (κ1) is 27.2. The Bertz CT molecular complexity index is 1340. The number of nitrogens with zero attached hydrogens (tertiary/aromatic N) is 3. The lowest BCUT2D eigenvalue weighted by Gasteiger charge is -2.19. The van der Waals surface area contributed by atoms with Crippen molar-refractivity contribution in [1.29, 1.82) is 0 Å². The Morgan fingerprint density at radius 3 is 2.68 bits per heavy atom. The molecule has 0 aromatic carbocycles. The van der Waals surface area contributed by atoms with Crippen molar-refractivity contribution in [3.05, 3.63) is 45.9 Å². The van der Waals surface area contributed by atoms with Gasteiger partial charge in [-0.2, -0.15) is 4.98 Å². The molecule has 0 spiro atoms. The van der Waals surface area contributed by atoms with Crippen molar-refractivity contribution in [3.8, 4) is 17.2 Å². The van der Waals surface area contributed by atoms with Crippen LogP contribution < -0.4 is 15.4 Å². The number of rotatable bonds is 9. The summed E-state index contributed by atoms with van der Waals surface area (Å²) in [7, 11) is 0. The maximum atomic E-state index is 6.37. The number of hydrogen-bond donors (Lipinski definition) is 2. The zero-order valence-electron chi connectivity index (χ0n) is 22.1. The van der Waals surface area contributed by atoms with Crippen LogP contribution in [0.25, 0.3) is 22.3 Å². The van der Waals surface area contributed by atoms with Gasteiger partial charge >= 0.3 is 0 Å². The summed E-state index contributed by atoms with van der Waals surface area (Å²) in [6, 6.07) is 8.54. The van der Waals surface area contributed by atoms with Crippen molar-refractivity contribution in [1.82, 2.24) is 15.0 Å². The highest BCUT2D eigenvalue weighted by atomic mass is 35.5. The Hall–Kier alpha value is -2.84. The number of hydrogen-bond acceptors (Lipinski definition) is 8. The highest BCUT2D eigenvalue weighted by Gasteiger charge is 2.29. The molecule has 5 rings (SSSR count). The van der Waals surface area contributed by atoms with Gasteiger partial charge in [-0.15, -0.1) is 23.7 Å². The van der Waals surface area contributed by atoms with Crippen LogP contribution in [0.4, 0.5) is 11.8 Å². The minimum Gasteiger partial charge on any atom is -0.478 e. The average Bonchev–Trinajstić information content (AvgIpc) is 3.59. The summed E-state index contributed by atoms with van der Waals surface area (Å²) in [5, 5.41) is 10.2. The van der Waals surface area contributed by atoms with Gasteiger partial charge in [-0.1, -0.05) is 19.9 Å². The normalized spacial score (nSPS) is 17.2. The molecular weight excluding hydrogens is 506 g/mol. The predicted molar refractivity (Wildman–Crippen MR) is 154 cm³/mol. The Balaban J connectivity index is 0.00000320. The smallest absolute Gasteiger partial charge is 0.225 e. The van der Waals surface area contributed by atoms with E-state index in [1.165, 1.54) is 11.3 Å². The maximum absolute atomic E-state index is 6.37. The highest BCUT2D eigenvalue weighted by Crippen LogP contribution is 2.39. The molecule has 198 valence electrons. The molecule has 1 aliphatic rings. The maximum Gasteiger partial charge on any atom is 0.225 e. The van der Waals surface area contributed by atoms with E-state index in [2.05, 4.69) is 47.0 Å². The lowest BCUT2D eigenvalue weighted by atomic mass is 9.94. The van der Waals surface area contributed by atoms with E-state index in [-0.39, 0.29) is 12.4 Å². The molecule has 9 heteroatoms. The Morgan fingerprint density at radius 2 is 1.97 bits per heavy atom. The number of pyridine rings is 1. The Labute approximate surface area is 228 Å². The fraction of sp³-hybridized carbons (Fsp3) is 0.464. The molecule has 0 aliphatic heterocycles. The molecule has 0 amide bonds. The van der Waals surface area contributed by atoms with Gasteiger partial charge in [-0.05, 0) is 69.4 Å². The van der Waals surface area contributed by atoms with E-state index in [1.807, 2.05) is 32.9 Å². The second-order valence-electron chi connectivity index (χ2n) is 9.96. The van der Waals surface area contributed by atoms with Gasteiger partial charge in [0.15, 0.2) is 5.58 Å². The zero-order chi connectivity index (χ0) is 25.2. The minimum atomic E-state index is 0. The van der Waals surface area contributed by atoms with Crippen molar-refractivity contribution in [2.45, 2.75) is 66.5 Å². The van der Waals surface area contributed by atoms with Crippen LogP contribution in [-0.2, 0) is 6.54 Å². The van der Waals surface area contributed by atoms with Gasteiger partial charge in [-0.3, -0.25) is 0 Å². The fourth-order valence-electron chi connectivity index (χ4n) is 5.10. The monoisotopic (exact) mass is 541 g/mol. The van der Waals surface area contributed by atoms with E-state index in [0.29, 0.717) is 36.9 Å². The SMILES string of the molecule is CCOc1cc2cc(-c3c(C)nc(NCc4cccs4)nc3NC3CCC(C(C)C)C3)oc2c(C)n1.Cl. The molecule has 7 nitrogen and oxygen atoms in total. The number of thiophene rings is 1. The standard InChI is InChI=1S/C28H35N5O2S.ClH/c1-6-34-24-14-20-13-23(35-26(20)18(5)30-24)25-17(4)31-28(29-15-22-8-7-11-36-22)33-27(25)32-21-10-9-19(12-21)16(2)3;/h7-8,11,13-14,16,19,21H,6,9-10,12,15H2,1-5H3,(H2,29,31,32,33);1H. The third-order valence-electron chi connectivity index (χ3n) is 7.03. The first-order valence-corrected chi connectivity index (χ1v) is 13.7. The van der Waals surface area contributed by atoms with E-state index in [0.717, 1.165) is 58.3 Å². The fourth-order valence-corrected chi connectivity index (χ4v) is 5.74. The van der Waals surface area contributed by atoms with Crippen LogP contribution in [0.1, 0.15) is 56.3 Å². The molecule has 4 heterocycles. The van der Waals surface area contributed by atoms with E-state index in [4.69, 9.17) is 19.1 Å². The van der Waals surface area contributed by atoms with Crippen LogP contribution in [0.15, 0.2) is 34.1 Å². The van der Waals surface area contributed by atoms with Crippen LogP contribution in [0.5, 0.6) is 5.88 Å². The summed E-state index contributed by atoms with van der Waals surface area (Å²) in [4.78, 5) is 15.6. The molecule has 1 fully saturated rings. The molecule has 2 atom stereocenters. The van der Waals surface area contributed by atoms with Crippen LogP contribution in [0.3, 0.4) is 0 Å². The van der Waals surface area contributed by atoms with Crippen molar-refractivity contribution >= 4 is 46.5 Å². The van der Waals surface area contributed by atoms with Crippen LogP contribution >= 0.6 is 23.7 Å². The Kier molecular flexibility index (Phi) is 8.60. The molecule has 1 saturated carbocycles. The quantitative estimate of drug-likeness (QED) is 0.225. The molecule has 1 aliphatic carbocycles. The molecule has 2 N–H and O–H groups in total. The lowest BCUT2D eigenvalue weighted by molar-refractivity contribution is 0.326. The average molecular weight is 542 g/mol. The second kappa shape index (κ2) is 11.7. The Morgan fingerprint density at radius 1 is 1.14 bits per heavy atom. The topological polar surface area (TPSA) is 85.1 Å². The van der Waals surface area contributed by atoms with Crippen LogP contribution in [-0.4, -0.2) is 27.6 Å². The van der Waals surface area contributed by atoms with Crippen molar-refractivity contribution in [2.75, 3.05) is 17.2 Å². The van der Waals surface area contributed by atoms with Gasteiger partial charge < -0.3 is 19.8 Å². The third-order valence-corrected chi connectivity index (χ3v) is 7.91. The number of anilines is 2. The number of aromatic nitrogens is 3. The molecular formula is C28H36ClN5O2S. The summed E-state index contributed by atoms with van der Waals surface area (Å²) in [5.41, 5.74) is 3.34. The third kappa shape index (κ3) is 6.02. The molecule has 0 saturated heterocycles. The van der Waals surface area contributed by atoms with Crippen molar-refractivity contribution < 1.29 is 9.15 Å². The number of furan rings is 1. The number of aryl methyl sites for hydroxylation is 2. The number of fused-ring (bicyclic) bond motifs is 1. The summed E-state index contributed by atoms with van der Waals surface area (Å²) < 4.78 is 12.0. The highest BCUT2D eigenvalue weighted by molar-refractivity contribution is 7.09. The lowest BCUT2D eigenvalue weighted by Crippen LogP contribution is -2.19. The van der Waals surface area contributed by atoms with Gasteiger partial charge in [0, 0.05) is 22.4 Å². The van der Waals surface area contributed by atoms with E-state index in [9.17, 15) is 0 Å². The molecule has 37 heavy (non-hydrogen) atoms. The predicted octanol–water partition coefficient (Wildman–Crippen LogP) is 7.63. The first-order valence-electron chi connectivity index (χ1n) is 12.9. The summed E-state index contributed by atoms with van der Waals surface area (Å²) in [6.45, 7) is 11.8. The van der Waals surface area contributed by atoms with Gasteiger partial charge in [0.1, 0.15) is 11.6 Å². The number of nitrogens with one attached hydrogen (secondary N) is 2. The molecule has 4 aromatic heterocycles. The summed E-state index contributed by atoms with van der Waals surface area (Å²) in [5.74, 6) is 4.23. The number of ether oxygens (including phenoxy) is 1. The second-order valence-corrected chi connectivity index (χ2v) is 11.0. The summed E-state index contributed by atoms with van der Waals surface area (Å²) >= 11 is 1.72. The van der Waals surface area contributed by atoms with Gasteiger partial charge in [0.2, 0.25) is 11.8 Å². The van der Waals surface area contributed by atoms with E-state index in [1.54, 1.807) is 11.3 Å². The van der Waals surface area contributed by atoms with E-state index >= 15 is 0 Å². The molecule has 0 radical (unpaired) electrons. The summed E-state index contributed by atoms with van der Waals surface area (Å²) in [6.07, 6.45) is 3.54. The van der Waals surface area contributed by atoms with Gasteiger partial charge in [0.05, 0.1) is 30.1 Å². The van der Waals surface area contributed by atoms with Gasteiger partial charge in [0.25, 0.3) is 0 Å².